The summed E-state index contributed by atoms with van der Waals surface area (Å²) in [6.07, 6.45) is 4.05. The van der Waals surface area contributed by atoms with E-state index in [1.807, 2.05) is 48.5 Å². The van der Waals surface area contributed by atoms with Gasteiger partial charge in [-0.2, -0.15) is 0 Å². The summed E-state index contributed by atoms with van der Waals surface area (Å²) in [5.74, 6) is 0. The van der Waals surface area contributed by atoms with Crippen molar-refractivity contribution in [1.29, 1.82) is 0 Å². The third kappa shape index (κ3) is 2.23. The lowest BCUT2D eigenvalue weighted by atomic mass is 10.0. The Balaban J connectivity index is 2.48. The number of allylic oxidation sites excluding steroid dienone is 1. The van der Waals surface area contributed by atoms with Crippen LogP contribution in [0.2, 0.25) is 0 Å². The highest BCUT2D eigenvalue weighted by Crippen LogP contribution is 2.20. The maximum absolute atomic E-state index is 10.7. The predicted molar refractivity (Wildman–Crippen MR) is 63.8 cm³/mol. The third-order valence-electron chi connectivity index (χ3n) is 2.26. The Morgan fingerprint density at radius 1 is 1.00 bits per heavy atom. The summed E-state index contributed by atoms with van der Waals surface area (Å²) in [7, 11) is 0. The number of aromatic nitrogens is 1. The molecule has 0 unspecified atom stereocenters. The Morgan fingerprint density at radius 2 is 1.75 bits per heavy atom. The van der Waals surface area contributed by atoms with Crippen LogP contribution in [-0.4, -0.2) is 11.3 Å². The lowest BCUT2D eigenvalue weighted by Crippen LogP contribution is -1.91. The number of carbonyl (C=O) groups is 1. The molecule has 0 saturated carbocycles. The van der Waals surface area contributed by atoms with E-state index < -0.39 is 0 Å². The van der Waals surface area contributed by atoms with Crippen molar-refractivity contribution in [2.45, 2.75) is 0 Å². The van der Waals surface area contributed by atoms with E-state index in [2.05, 4.69) is 4.98 Å². The van der Waals surface area contributed by atoms with Gasteiger partial charge in [0.2, 0.25) is 0 Å². The lowest BCUT2D eigenvalue weighted by molar-refractivity contribution is -0.104. The zero-order valence-electron chi connectivity index (χ0n) is 8.71. The maximum atomic E-state index is 10.7. The van der Waals surface area contributed by atoms with Gasteiger partial charge in [-0.25, -0.2) is 0 Å². The first-order valence-electron chi connectivity index (χ1n) is 5.04. The summed E-state index contributed by atoms with van der Waals surface area (Å²) in [5.41, 5.74) is 2.64. The van der Waals surface area contributed by atoms with E-state index in [4.69, 9.17) is 0 Å². The van der Waals surface area contributed by atoms with Crippen LogP contribution in [0.15, 0.2) is 60.8 Å². The first-order chi connectivity index (χ1) is 7.92. The molecular weight excluding hydrogens is 198 g/mol. The summed E-state index contributed by atoms with van der Waals surface area (Å²) in [4.78, 5) is 14.9. The van der Waals surface area contributed by atoms with Crippen molar-refractivity contribution in [3.63, 3.8) is 0 Å². The van der Waals surface area contributed by atoms with Gasteiger partial charge in [-0.15, -0.1) is 0 Å². The Kier molecular flexibility index (Phi) is 3.24. The van der Waals surface area contributed by atoms with Crippen molar-refractivity contribution in [1.82, 2.24) is 4.98 Å². The standard InChI is InChI=1S/C14H11NO/c16-11-9-13(12-6-2-1-3-7-12)14-8-4-5-10-15-14/h1-11H/b13-9-. The molecule has 0 fully saturated rings. The number of rotatable bonds is 3. The molecule has 0 radical (unpaired) electrons. The Bertz CT molecular complexity index is 447. The van der Waals surface area contributed by atoms with E-state index in [1.165, 1.54) is 6.08 Å². The third-order valence-corrected chi connectivity index (χ3v) is 2.26. The highest BCUT2D eigenvalue weighted by atomic mass is 16.1. The van der Waals surface area contributed by atoms with Gasteiger partial charge in [0.1, 0.15) is 6.29 Å². The molecule has 0 amide bonds. The van der Waals surface area contributed by atoms with Gasteiger partial charge in [0, 0.05) is 11.8 Å². The monoisotopic (exact) mass is 209 g/mol. The number of hydrogen-bond donors (Lipinski definition) is 0. The zero-order valence-corrected chi connectivity index (χ0v) is 8.71. The largest absolute Gasteiger partial charge is 0.299 e. The highest BCUT2D eigenvalue weighted by Gasteiger charge is 2.04. The minimum Gasteiger partial charge on any atom is -0.299 e. The molecule has 0 aliphatic heterocycles. The van der Waals surface area contributed by atoms with Gasteiger partial charge in [0.05, 0.1) is 5.69 Å². The second-order valence-electron chi connectivity index (χ2n) is 3.30. The lowest BCUT2D eigenvalue weighted by Gasteiger charge is -2.05. The molecular formula is C14H11NO. The first-order valence-corrected chi connectivity index (χ1v) is 5.04. The van der Waals surface area contributed by atoms with E-state index in [1.54, 1.807) is 6.20 Å². The molecule has 0 N–H and O–H groups in total. The number of hydrogen-bond acceptors (Lipinski definition) is 2. The van der Waals surface area contributed by atoms with Crippen LogP contribution in [0.25, 0.3) is 5.57 Å². The van der Waals surface area contributed by atoms with E-state index in [0.29, 0.717) is 0 Å². The van der Waals surface area contributed by atoms with Crippen molar-refractivity contribution >= 4 is 11.9 Å². The number of benzene rings is 1. The van der Waals surface area contributed by atoms with Crippen molar-refractivity contribution < 1.29 is 4.79 Å². The Labute approximate surface area is 94.3 Å². The molecule has 0 aliphatic rings. The summed E-state index contributed by atoms with van der Waals surface area (Å²) in [6.45, 7) is 0. The van der Waals surface area contributed by atoms with E-state index in [0.717, 1.165) is 23.1 Å². The summed E-state index contributed by atoms with van der Waals surface area (Å²) in [5, 5.41) is 0. The van der Waals surface area contributed by atoms with Crippen molar-refractivity contribution in [2.24, 2.45) is 0 Å². The smallest absolute Gasteiger partial charge is 0.143 e. The number of carbonyl (C=O) groups excluding carboxylic acids is 1. The zero-order chi connectivity index (χ0) is 11.2. The van der Waals surface area contributed by atoms with E-state index in [9.17, 15) is 4.79 Å². The summed E-state index contributed by atoms with van der Waals surface area (Å²) < 4.78 is 0. The van der Waals surface area contributed by atoms with Gasteiger partial charge in [0.25, 0.3) is 0 Å². The fraction of sp³-hybridized carbons (Fsp3) is 0. The average Bonchev–Trinajstić information content (AvgIpc) is 2.38. The molecule has 16 heavy (non-hydrogen) atoms. The van der Waals surface area contributed by atoms with Crippen LogP contribution in [0, 0.1) is 0 Å². The van der Waals surface area contributed by atoms with E-state index in [-0.39, 0.29) is 0 Å². The Morgan fingerprint density at radius 3 is 2.38 bits per heavy atom. The number of aldehydes is 1. The van der Waals surface area contributed by atoms with Crippen LogP contribution in [-0.2, 0) is 4.79 Å². The number of nitrogens with zero attached hydrogens (tertiary/aromatic N) is 1. The molecule has 0 bridgehead atoms. The topological polar surface area (TPSA) is 30.0 Å². The second-order valence-corrected chi connectivity index (χ2v) is 3.30. The molecule has 1 aromatic heterocycles. The highest BCUT2D eigenvalue weighted by molar-refractivity contribution is 5.88. The quantitative estimate of drug-likeness (QED) is 0.574. The average molecular weight is 209 g/mol. The van der Waals surface area contributed by atoms with Crippen LogP contribution in [0.4, 0.5) is 0 Å². The van der Waals surface area contributed by atoms with Crippen molar-refractivity contribution in [2.75, 3.05) is 0 Å². The van der Waals surface area contributed by atoms with Gasteiger partial charge in [-0.3, -0.25) is 9.78 Å². The molecule has 0 aliphatic carbocycles. The second kappa shape index (κ2) is 5.03. The molecule has 2 nitrogen and oxygen atoms in total. The number of pyridine rings is 1. The maximum Gasteiger partial charge on any atom is 0.143 e. The van der Waals surface area contributed by atoms with Gasteiger partial charge in [-0.05, 0) is 23.8 Å². The molecule has 0 atom stereocenters. The SMILES string of the molecule is O=C/C=C(/c1ccccc1)c1ccccn1. The van der Waals surface area contributed by atoms with Crippen LogP contribution in [0.1, 0.15) is 11.3 Å². The fourth-order valence-electron chi connectivity index (χ4n) is 1.54. The fourth-order valence-corrected chi connectivity index (χ4v) is 1.54. The van der Waals surface area contributed by atoms with Crippen LogP contribution >= 0.6 is 0 Å². The van der Waals surface area contributed by atoms with Crippen LogP contribution in [0.5, 0.6) is 0 Å². The molecule has 2 aromatic rings. The molecule has 0 spiro atoms. The molecule has 1 aromatic carbocycles. The molecule has 0 saturated heterocycles. The van der Waals surface area contributed by atoms with Gasteiger partial charge in [-0.1, -0.05) is 36.4 Å². The first kappa shape index (κ1) is 10.3. The molecule has 78 valence electrons. The summed E-state index contributed by atoms with van der Waals surface area (Å²) >= 11 is 0. The normalized spacial score (nSPS) is 11.1. The van der Waals surface area contributed by atoms with Crippen molar-refractivity contribution in [3.8, 4) is 0 Å². The van der Waals surface area contributed by atoms with E-state index >= 15 is 0 Å². The molecule has 1 heterocycles. The molecule has 2 heteroatoms. The van der Waals surface area contributed by atoms with Crippen LogP contribution < -0.4 is 0 Å². The minimum atomic E-state index is 0.789. The van der Waals surface area contributed by atoms with Gasteiger partial charge >= 0.3 is 0 Å². The van der Waals surface area contributed by atoms with Crippen molar-refractivity contribution in [3.05, 3.63) is 72.1 Å². The summed E-state index contributed by atoms with van der Waals surface area (Å²) in [6, 6.07) is 15.4. The minimum absolute atomic E-state index is 0.789. The van der Waals surface area contributed by atoms with Gasteiger partial charge < -0.3 is 0 Å². The molecule has 2 rings (SSSR count). The van der Waals surface area contributed by atoms with Gasteiger partial charge in [0.15, 0.2) is 0 Å². The predicted octanol–water partition coefficient (Wildman–Crippen LogP) is 2.71. The van der Waals surface area contributed by atoms with Crippen LogP contribution in [0.3, 0.4) is 0 Å². The Hall–Kier alpha value is -2.22.